The Morgan fingerprint density at radius 2 is 1.82 bits per heavy atom. The van der Waals surface area contributed by atoms with Crippen molar-refractivity contribution in [3.63, 3.8) is 0 Å². The van der Waals surface area contributed by atoms with Crippen molar-refractivity contribution in [2.45, 2.75) is 51.8 Å². The lowest BCUT2D eigenvalue weighted by atomic mass is 9.98. The molecule has 4 atom stereocenters. The highest BCUT2D eigenvalue weighted by Crippen LogP contribution is 2.68. The molecule has 0 unspecified atom stereocenters. The third-order valence-corrected chi connectivity index (χ3v) is 8.18. The molecule has 0 saturated carbocycles. The highest BCUT2D eigenvalue weighted by molar-refractivity contribution is 8.10. The van der Waals surface area contributed by atoms with Crippen LogP contribution in [0.25, 0.3) is 0 Å². The summed E-state index contributed by atoms with van der Waals surface area (Å²) >= 11 is 5.12. The van der Waals surface area contributed by atoms with Crippen molar-refractivity contribution < 1.29 is 41.6 Å². The first-order chi connectivity index (χ1) is 15.4. The Morgan fingerprint density at radius 3 is 2.30 bits per heavy atom. The Balaban J connectivity index is 2.67. The Labute approximate surface area is 192 Å². The lowest BCUT2D eigenvalue weighted by molar-refractivity contribution is -0.158. The molecule has 2 rings (SSSR count). The van der Waals surface area contributed by atoms with Gasteiger partial charge in [-0.05, 0) is 25.7 Å². The van der Waals surface area contributed by atoms with Gasteiger partial charge in [-0.2, -0.15) is 8.78 Å². The van der Waals surface area contributed by atoms with Crippen LogP contribution in [0, 0.1) is 5.92 Å². The molecule has 186 valence electrons. The van der Waals surface area contributed by atoms with Crippen molar-refractivity contribution in [3.8, 4) is 0 Å². The van der Waals surface area contributed by atoms with Crippen LogP contribution in [0.5, 0.6) is 0 Å². The van der Waals surface area contributed by atoms with Crippen molar-refractivity contribution in [1.82, 2.24) is 9.55 Å². The van der Waals surface area contributed by atoms with Gasteiger partial charge in [-0.25, -0.2) is 4.79 Å². The normalized spacial score (nSPS) is 23.3. The molecule has 1 fully saturated rings. The summed E-state index contributed by atoms with van der Waals surface area (Å²) in [5, 5.41) is 0. The van der Waals surface area contributed by atoms with Gasteiger partial charge in [-0.3, -0.25) is 23.9 Å². The molecule has 1 aromatic rings. The van der Waals surface area contributed by atoms with Gasteiger partial charge in [0.25, 0.3) is 12.1 Å². The number of H-pyrrole nitrogens is 1. The highest BCUT2D eigenvalue weighted by Gasteiger charge is 2.66. The Morgan fingerprint density at radius 1 is 1.21 bits per heavy atom. The minimum Gasteiger partial charge on any atom is -0.463 e. The SMILES string of the molecule is CCOP(=S)(OCC)C(F)(F)[C@H]1[C@@H](OC(C)=O)[C@H](n2ccc(=O)[nH]c2=O)O[C@@H]1COC(C)=O. The molecular weight excluding hydrogens is 489 g/mol. The zero-order chi connectivity index (χ0) is 25.0. The molecule has 0 radical (unpaired) electrons. The van der Waals surface area contributed by atoms with Crippen LogP contribution in [0.2, 0.25) is 0 Å². The third-order valence-electron chi connectivity index (χ3n) is 4.59. The van der Waals surface area contributed by atoms with Crippen LogP contribution in [0.3, 0.4) is 0 Å². The standard InChI is InChI=1S/C18H25F2N2O9PS/c1-5-28-32(33,29-6-2)18(19,20)14-12(9-27-10(3)23)31-16(15(14)30-11(4)24)22-8-7-13(25)21-17(22)26/h7-8,12,14-16H,5-6,9H2,1-4H3,(H,21,25,26)/t12-,14-,15-,16-/m1/s1. The first kappa shape index (κ1) is 27.3. The fourth-order valence-electron chi connectivity index (χ4n) is 3.40. The van der Waals surface area contributed by atoms with E-state index in [9.17, 15) is 19.2 Å². The van der Waals surface area contributed by atoms with Gasteiger partial charge < -0.3 is 23.3 Å². The van der Waals surface area contributed by atoms with E-state index in [0.717, 1.165) is 30.7 Å². The summed E-state index contributed by atoms with van der Waals surface area (Å²) in [6.45, 7) is -0.375. The number of carbonyl (C=O) groups excluding carboxylic acids is 2. The van der Waals surface area contributed by atoms with Crippen LogP contribution < -0.4 is 11.2 Å². The van der Waals surface area contributed by atoms with E-state index in [1.807, 2.05) is 4.98 Å². The zero-order valence-electron chi connectivity index (χ0n) is 18.3. The number of alkyl halides is 2. The zero-order valence-corrected chi connectivity index (χ0v) is 20.0. The van der Waals surface area contributed by atoms with Crippen LogP contribution >= 0.6 is 6.49 Å². The predicted molar refractivity (Wildman–Crippen MR) is 113 cm³/mol. The first-order valence-electron chi connectivity index (χ1n) is 9.92. The van der Waals surface area contributed by atoms with Gasteiger partial charge in [0.1, 0.15) is 18.6 Å². The molecule has 0 amide bonds. The molecule has 1 aromatic heterocycles. The van der Waals surface area contributed by atoms with E-state index in [4.69, 9.17) is 35.1 Å². The van der Waals surface area contributed by atoms with E-state index >= 15 is 8.78 Å². The summed E-state index contributed by atoms with van der Waals surface area (Å²) < 4.78 is 58.9. The number of hydrogen-bond acceptors (Lipinski definition) is 10. The molecule has 33 heavy (non-hydrogen) atoms. The van der Waals surface area contributed by atoms with E-state index < -0.39 is 66.3 Å². The van der Waals surface area contributed by atoms with E-state index in [1.165, 1.54) is 13.8 Å². The van der Waals surface area contributed by atoms with E-state index in [2.05, 4.69) is 0 Å². The number of aromatic nitrogens is 2. The second-order valence-electron chi connectivity index (χ2n) is 6.91. The minimum atomic E-state index is -4.33. The molecule has 15 heteroatoms. The fraction of sp³-hybridized carbons (Fsp3) is 0.667. The van der Waals surface area contributed by atoms with Crippen LogP contribution in [-0.2, 0) is 44.7 Å². The molecule has 1 aliphatic rings. The molecule has 0 aliphatic carbocycles. The summed E-state index contributed by atoms with van der Waals surface area (Å²) in [5.41, 5.74) is -5.67. The lowest BCUT2D eigenvalue weighted by Crippen LogP contribution is -2.46. The van der Waals surface area contributed by atoms with Crippen molar-refractivity contribution >= 4 is 30.2 Å². The molecule has 1 aliphatic heterocycles. The Bertz CT molecular complexity index is 1020. The molecule has 11 nitrogen and oxygen atoms in total. The van der Waals surface area contributed by atoms with Crippen LogP contribution in [-0.4, -0.2) is 59.2 Å². The average molecular weight is 514 g/mol. The first-order valence-corrected chi connectivity index (χ1v) is 12.6. The second-order valence-corrected chi connectivity index (χ2v) is 10.5. The summed E-state index contributed by atoms with van der Waals surface area (Å²) in [4.78, 5) is 48.9. The number of hydrogen-bond donors (Lipinski definition) is 1. The largest absolute Gasteiger partial charge is 0.463 e. The van der Waals surface area contributed by atoms with Crippen molar-refractivity contribution in [2.75, 3.05) is 19.8 Å². The summed E-state index contributed by atoms with van der Waals surface area (Å²) in [7, 11) is 0. The van der Waals surface area contributed by atoms with Crippen LogP contribution in [0.4, 0.5) is 8.78 Å². The predicted octanol–water partition coefficient (Wildman–Crippen LogP) is 1.52. The van der Waals surface area contributed by atoms with Crippen LogP contribution in [0.15, 0.2) is 21.9 Å². The quantitative estimate of drug-likeness (QED) is 0.362. The fourth-order valence-corrected chi connectivity index (χ4v) is 6.17. The number of aromatic amines is 1. The van der Waals surface area contributed by atoms with Crippen molar-refractivity contribution in [1.29, 1.82) is 0 Å². The number of nitrogens with one attached hydrogen (secondary N) is 1. The topological polar surface area (TPSA) is 135 Å². The van der Waals surface area contributed by atoms with Gasteiger partial charge in [0.05, 0.1) is 13.2 Å². The van der Waals surface area contributed by atoms with E-state index in [0.29, 0.717) is 0 Å². The van der Waals surface area contributed by atoms with Crippen LogP contribution in [0.1, 0.15) is 33.9 Å². The van der Waals surface area contributed by atoms with Gasteiger partial charge in [0.15, 0.2) is 12.3 Å². The number of halogens is 2. The Kier molecular flexibility index (Phi) is 9.05. The maximum atomic E-state index is 16.0. The highest BCUT2D eigenvalue weighted by atomic mass is 32.5. The minimum absolute atomic E-state index is 0.184. The molecule has 0 bridgehead atoms. The maximum Gasteiger partial charge on any atom is 0.330 e. The summed E-state index contributed by atoms with van der Waals surface area (Å²) in [6, 6.07) is 0.965. The van der Waals surface area contributed by atoms with Gasteiger partial charge in [0.2, 0.25) is 0 Å². The number of ether oxygens (including phenoxy) is 3. The van der Waals surface area contributed by atoms with E-state index in [1.54, 1.807) is 0 Å². The molecule has 1 saturated heterocycles. The molecule has 0 spiro atoms. The number of esters is 2. The second kappa shape index (κ2) is 11.0. The van der Waals surface area contributed by atoms with Crippen molar-refractivity contribution in [2.24, 2.45) is 5.92 Å². The van der Waals surface area contributed by atoms with Gasteiger partial charge in [0, 0.05) is 26.1 Å². The average Bonchev–Trinajstić information content (AvgIpc) is 3.04. The smallest absolute Gasteiger partial charge is 0.330 e. The number of nitrogens with zero attached hydrogens (tertiary/aromatic N) is 1. The monoisotopic (exact) mass is 514 g/mol. The lowest BCUT2D eigenvalue weighted by Gasteiger charge is -2.36. The van der Waals surface area contributed by atoms with Gasteiger partial charge in [-0.15, -0.1) is 0 Å². The third kappa shape index (κ3) is 5.93. The molecule has 1 N–H and O–H groups in total. The van der Waals surface area contributed by atoms with Gasteiger partial charge in [-0.1, -0.05) is 0 Å². The van der Waals surface area contributed by atoms with Gasteiger partial charge >= 0.3 is 23.3 Å². The maximum absolute atomic E-state index is 16.0. The summed E-state index contributed by atoms with van der Waals surface area (Å²) in [6.07, 6.45) is -3.93. The summed E-state index contributed by atoms with van der Waals surface area (Å²) in [5.74, 6) is -3.74. The number of rotatable bonds is 10. The molecule has 0 aromatic carbocycles. The van der Waals surface area contributed by atoms with E-state index in [-0.39, 0.29) is 13.2 Å². The number of carbonyl (C=O) groups is 2. The Hall–Kier alpha value is -1.99. The molecule has 2 heterocycles. The molecular formula is C18H25F2N2O9PS. The van der Waals surface area contributed by atoms with Crippen molar-refractivity contribution in [3.05, 3.63) is 33.1 Å².